The fourth-order valence-corrected chi connectivity index (χ4v) is 5.19. The predicted octanol–water partition coefficient (Wildman–Crippen LogP) is 3.52. The maximum absolute atomic E-state index is 13.6. The lowest BCUT2D eigenvalue weighted by Crippen LogP contribution is -2.39. The minimum absolute atomic E-state index is 0.0432. The highest BCUT2D eigenvalue weighted by Crippen LogP contribution is 2.34. The van der Waals surface area contributed by atoms with Gasteiger partial charge in [0.15, 0.2) is 23.0 Å². The van der Waals surface area contributed by atoms with E-state index in [1.165, 1.54) is 32.4 Å². The van der Waals surface area contributed by atoms with E-state index in [0.29, 0.717) is 41.9 Å². The number of methoxy groups -OCH3 is 2. The number of aryl methyl sites for hydroxylation is 1. The molecule has 200 valence electrons. The van der Waals surface area contributed by atoms with E-state index < -0.39 is 22.5 Å². The van der Waals surface area contributed by atoms with Crippen molar-refractivity contribution in [3.8, 4) is 23.0 Å². The van der Waals surface area contributed by atoms with Crippen molar-refractivity contribution in [1.82, 2.24) is 5.43 Å². The highest BCUT2D eigenvalue weighted by atomic mass is 32.2. The molecule has 38 heavy (non-hydrogen) atoms. The summed E-state index contributed by atoms with van der Waals surface area (Å²) in [5.41, 5.74) is 4.82. The number of nitrogens with one attached hydrogen (secondary N) is 1. The molecular weight excluding hydrogens is 510 g/mol. The zero-order valence-corrected chi connectivity index (χ0v) is 22.4. The van der Waals surface area contributed by atoms with Crippen molar-refractivity contribution in [2.45, 2.75) is 18.7 Å². The molecule has 1 N–H and O–H groups in total. The third-order valence-corrected chi connectivity index (χ3v) is 7.65. The largest absolute Gasteiger partial charge is 0.493 e. The first-order valence-corrected chi connectivity index (χ1v) is 13.2. The van der Waals surface area contributed by atoms with Crippen LogP contribution in [-0.2, 0) is 14.8 Å². The zero-order valence-electron chi connectivity index (χ0n) is 21.6. The number of ether oxygens (including phenoxy) is 4. The average molecular weight is 540 g/mol. The van der Waals surface area contributed by atoms with E-state index in [1.54, 1.807) is 49.4 Å². The average Bonchev–Trinajstić information content (AvgIpc) is 2.94. The summed E-state index contributed by atoms with van der Waals surface area (Å²) < 4.78 is 50.0. The second-order valence-electron chi connectivity index (χ2n) is 8.45. The number of carbonyl (C=O) groups excluding carboxylic acids is 1. The molecule has 0 fully saturated rings. The lowest BCUT2D eigenvalue weighted by Gasteiger charge is -2.24. The van der Waals surface area contributed by atoms with Gasteiger partial charge in [0.2, 0.25) is 0 Å². The molecule has 10 nitrogen and oxygen atoms in total. The minimum Gasteiger partial charge on any atom is -0.493 e. The van der Waals surface area contributed by atoms with Gasteiger partial charge in [0.1, 0.15) is 19.8 Å². The molecule has 0 bridgehead atoms. The van der Waals surface area contributed by atoms with Crippen LogP contribution < -0.4 is 28.7 Å². The third-order valence-electron chi connectivity index (χ3n) is 5.86. The van der Waals surface area contributed by atoms with Gasteiger partial charge in [0, 0.05) is 11.6 Å². The Balaban J connectivity index is 1.61. The van der Waals surface area contributed by atoms with Gasteiger partial charge in [-0.1, -0.05) is 17.7 Å². The van der Waals surface area contributed by atoms with Crippen LogP contribution in [0.3, 0.4) is 0 Å². The van der Waals surface area contributed by atoms with E-state index in [1.807, 2.05) is 6.92 Å². The summed E-state index contributed by atoms with van der Waals surface area (Å²) >= 11 is 0. The first-order valence-electron chi connectivity index (χ1n) is 11.8. The third kappa shape index (κ3) is 5.83. The Bertz CT molecular complexity index is 1450. The number of amides is 1. The van der Waals surface area contributed by atoms with Gasteiger partial charge in [-0.05, 0) is 56.3 Å². The van der Waals surface area contributed by atoms with Gasteiger partial charge >= 0.3 is 0 Å². The van der Waals surface area contributed by atoms with Crippen LogP contribution in [0.25, 0.3) is 0 Å². The van der Waals surface area contributed by atoms with Crippen LogP contribution in [-0.4, -0.2) is 54.0 Å². The number of fused-ring (bicyclic) bond motifs is 1. The van der Waals surface area contributed by atoms with Crippen LogP contribution in [0.15, 0.2) is 70.7 Å². The summed E-state index contributed by atoms with van der Waals surface area (Å²) in [7, 11) is -1.19. The summed E-state index contributed by atoms with van der Waals surface area (Å²) in [6.07, 6.45) is 0. The molecule has 1 aliphatic heterocycles. The van der Waals surface area contributed by atoms with E-state index in [-0.39, 0.29) is 10.6 Å². The topological polar surface area (TPSA) is 116 Å². The highest BCUT2D eigenvalue weighted by Gasteiger charge is 2.28. The number of hydrogen-bond donors (Lipinski definition) is 1. The van der Waals surface area contributed by atoms with Crippen LogP contribution in [0.2, 0.25) is 0 Å². The smallest absolute Gasteiger partial charge is 0.264 e. The molecule has 0 aliphatic carbocycles. The van der Waals surface area contributed by atoms with E-state index in [0.717, 1.165) is 15.4 Å². The molecular formula is C27H29N3O7S. The SMILES string of the molecule is COc1ccc(N(CC(=O)NN=C(C)c2ccc3c(c2)OCCO3)S(=O)(=O)c2ccc(C)cc2)cc1OC. The Morgan fingerprint density at radius 3 is 2.32 bits per heavy atom. The number of sulfonamides is 1. The van der Waals surface area contributed by atoms with Crippen LogP contribution >= 0.6 is 0 Å². The van der Waals surface area contributed by atoms with Crippen molar-refractivity contribution in [2.75, 3.05) is 38.3 Å². The Morgan fingerprint density at radius 2 is 1.63 bits per heavy atom. The van der Waals surface area contributed by atoms with E-state index >= 15 is 0 Å². The fraction of sp³-hybridized carbons (Fsp3) is 0.259. The molecule has 0 spiro atoms. The van der Waals surface area contributed by atoms with Gasteiger partial charge in [0.25, 0.3) is 15.9 Å². The fourth-order valence-electron chi connectivity index (χ4n) is 3.78. The normalized spacial score (nSPS) is 13.0. The number of nitrogens with zero attached hydrogens (tertiary/aromatic N) is 2. The minimum atomic E-state index is -4.11. The molecule has 0 atom stereocenters. The van der Waals surface area contributed by atoms with Gasteiger partial charge in [-0.2, -0.15) is 5.10 Å². The van der Waals surface area contributed by atoms with Crippen molar-refractivity contribution in [3.05, 3.63) is 71.8 Å². The Morgan fingerprint density at radius 1 is 0.947 bits per heavy atom. The van der Waals surface area contributed by atoms with Gasteiger partial charge in [-0.25, -0.2) is 13.8 Å². The van der Waals surface area contributed by atoms with Gasteiger partial charge in [0.05, 0.1) is 30.5 Å². The molecule has 1 aliphatic rings. The van der Waals surface area contributed by atoms with Gasteiger partial charge < -0.3 is 18.9 Å². The van der Waals surface area contributed by atoms with E-state index in [4.69, 9.17) is 18.9 Å². The molecule has 3 aromatic carbocycles. The molecule has 0 radical (unpaired) electrons. The molecule has 0 aromatic heterocycles. The van der Waals surface area contributed by atoms with Crippen molar-refractivity contribution in [3.63, 3.8) is 0 Å². The first kappa shape index (κ1) is 26.8. The van der Waals surface area contributed by atoms with Crippen LogP contribution in [0.4, 0.5) is 5.69 Å². The van der Waals surface area contributed by atoms with E-state index in [2.05, 4.69) is 10.5 Å². The number of hydrogen-bond acceptors (Lipinski definition) is 8. The Kier molecular flexibility index (Phi) is 8.06. The van der Waals surface area contributed by atoms with E-state index in [9.17, 15) is 13.2 Å². The quantitative estimate of drug-likeness (QED) is 0.327. The molecule has 1 amide bonds. The highest BCUT2D eigenvalue weighted by molar-refractivity contribution is 7.92. The number of benzene rings is 3. The lowest BCUT2D eigenvalue weighted by atomic mass is 10.1. The summed E-state index contributed by atoms with van der Waals surface area (Å²) in [4.78, 5) is 13.0. The summed E-state index contributed by atoms with van der Waals surface area (Å²) in [6.45, 7) is 3.99. The van der Waals surface area contributed by atoms with Gasteiger partial charge in [-0.15, -0.1) is 0 Å². The second kappa shape index (κ2) is 11.4. The summed E-state index contributed by atoms with van der Waals surface area (Å²) in [5.74, 6) is 1.35. The molecule has 11 heteroatoms. The van der Waals surface area contributed by atoms with Crippen molar-refractivity contribution < 1.29 is 32.2 Å². The van der Waals surface area contributed by atoms with Crippen molar-refractivity contribution in [1.29, 1.82) is 0 Å². The standard InChI is InChI=1S/C27H29N3O7S/c1-18-5-9-22(10-6-18)38(32,33)30(21-8-12-23(34-3)25(16-21)35-4)17-27(31)29-28-19(2)20-7-11-24-26(15-20)37-14-13-36-24/h5-12,15-16H,13-14,17H2,1-4H3,(H,29,31). The van der Waals surface area contributed by atoms with Crippen LogP contribution in [0.1, 0.15) is 18.1 Å². The predicted molar refractivity (Wildman–Crippen MR) is 143 cm³/mol. The second-order valence-corrected chi connectivity index (χ2v) is 10.3. The summed E-state index contributed by atoms with van der Waals surface area (Å²) in [5, 5.41) is 4.17. The maximum Gasteiger partial charge on any atom is 0.264 e. The Labute approximate surface area is 221 Å². The zero-order chi connectivity index (χ0) is 27.3. The molecule has 0 saturated heterocycles. The molecule has 0 unspecified atom stereocenters. The summed E-state index contributed by atoms with van der Waals surface area (Å²) in [6, 6.07) is 16.4. The number of rotatable bonds is 9. The first-order chi connectivity index (χ1) is 18.2. The maximum atomic E-state index is 13.6. The van der Waals surface area contributed by atoms with Crippen LogP contribution in [0, 0.1) is 6.92 Å². The lowest BCUT2D eigenvalue weighted by molar-refractivity contribution is -0.119. The number of carbonyl (C=O) groups is 1. The van der Waals surface area contributed by atoms with Crippen molar-refractivity contribution in [2.24, 2.45) is 5.10 Å². The van der Waals surface area contributed by atoms with Gasteiger partial charge in [-0.3, -0.25) is 9.10 Å². The molecule has 3 aromatic rings. The monoisotopic (exact) mass is 539 g/mol. The number of anilines is 1. The number of hydrazone groups is 1. The molecule has 1 heterocycles. The molecule has 0 saturated carbocycles. The molecule has 4 rings (SSSR count). The van der Waals surface area contributed by atoms with Crippen molar-refractivity contribution >= 4 is 27.3 Å². The Hall–Kier alpha value is -4.25. The van der Waals surface area contributed by atoms with Crippen LogP contribution in [0.5, 0.6) is 23.0 Å².